The van der Waals surface area contributed by atoms with Gasteiger partial charge in [0.25, 0.3) is 0 Å². The molecule has 2 rings (SSSR count). The van der Waals surface area contributed by atoms with E-state index < -0.39 is 40.1 Å². The predicted octanol–water partition coefficient (Wildman–Crippen LogP) is 7.82. The lowest BCUT2D eigenvalue weighted by Gasteiger charge is -2.30. The normalized spacial score (nSPS) is 13.8. The van der Waals surface area contributed by atoms with Gasteiger partial charge in [0.05, 0.1) is 39.5 Å². The van der Waals surface area contributed by atoms with Crippen molar-refractivity contribution in [1.82, 2.24) is 0 Å². The van der Waals surface area contributed by atoms with Crippen molar-refractivity contribution in [3.63, 3.8) is 0 Å². The zero-order valence-electron chi connectivity index (χ0n) is 26.1. The summed E-state index contributed by atoms with van der Waals surface area (Å²) in [7, 11) is -11.7. The molecule has 2 aromatic carbocycles. The van der Waals surface area contributed by atoms with Gasteiger partial charge in [-0.25, -0.2) is 4.57 Å². The second-order valence-corrected chi connectivity index (χ2v) is 16.5. The van der Waals surface area contributed by atoms with Gasteiger partial charge in [0.2, 0.25) is 7.37 Å². The van der Waals surface area contributed by atoms with Crippen LogP contribution in [0.25, 0.3) is 0 Å². The molecule has 0 saturated carbocycles. The molecule has 242 valence electrons. The molecule has 11 nitrogen and oxygen atoms in total. The summed E-state index contributed by atoms with van der Waals surface area (Å²) in [5.41, 5.74) is 0.201. The van der Waals surface area contributed by atoms with Crippen LogP contribution < -0.4 is 9.83 Å². The highest BCUT2D eigenvalue weighted by Crippen LogP contribution is 2.63. The fraction of sp³-hybridized carbons (Fsp3) is 0.552. The van der Waals surface area contributed by atoms with E-state index in [9.17, 15) is 18.5 Å². The molecule has 0 aromatic heterocycles. The van der Waals surface area contributed by atoms with E-state index in [1.165, 1.54) is 12.1 Å². The zero-order valence-corrected chi connectivity index (χ0v) is 28.8. The number of ether oxygens (including phenoxy) is 1. The van der Waals surface area contributed by atoms with Crippen molar-refractivity contribution in [1.29, 1.82) is 0 Å². The molecule has 43 heavy (non-hydrogen) atoms. The molecule has 0 bridgehead atoms. The number of rotatable bonds is 20. The van der Waals surface area contributed by atoms with Crippen LogP contribution in [0.15, 0.2) is 48.5 Å². The van der Waals surface area contributed by atoms with Crippen molar-refractivity contribution in [2.45, 2.75) is 66.9 Å². The van der Waals surface area contributed by atoms with Gasteiger partial charge in [-0.05, 0) is 58.4 Å². The molecule has 14 heteroatoms. The minimum Gasteiger partial charge on any atom is -0.461 e. The summed E-state index contributed by atoms with van der Waals surface area (Å²) in [6.07, 6.45) is -0.109. The molecule has 0 aliphatic carbocycles. The molecule has 0 amide bonds. The smallest absolute Gasteiger partial charge is 0.461 e. The molecule has 0 heterocycles. The van der Waals surface area contributed by atoms with Gasteiger partial charge in [-0.1, -0.05) is 44.2 Å². The molecule has 0 saturated heterocycles. The number of hydrogen-bond acceptors (Lipinski definition) is 11. The van der Waals surface area contributed by atoms with Crippen LogP contribution in [0, 0.1) is 0 Å². The summed E-state index contributed by atoms with van der Waals surface area (Å²) < 4.78 is 79.8. The second-order valence-electron chi connectivity index (χ2n) is 9.94. The van der Waals surface area contributed by atoms with Gasteiger partial charge >= 0.3 is 21.4 Å². The van der Waals surface area contributed by atoms with Crippen molar-refractivity contribution in [3.8, 4) is 5.75 Å². The highest BCUT2D eigenvalue weighted by atomic mass is 31.2. The second kappa shape index (κ2) is 17.0. The van der Waals surface area contributed by atoms with E-state index in [4.69, 9.17) is 31.9 Å². The average molecular weight is 663 g/mol. The minimum atomic E-state index is -4.05. The third-order valence-electron chi connectivity index (χ3n) is 6.05. The third-order valence-corrected chi connectivity index (χ3v) is 13.5. The maximum Gasteiger partial charge on any atom is 0.530 e. The number of hydrogen-bond donors (Lipinski definition) is 0. The Bertz CT molecular complexity index is 1290. The molecule has 0 aliphatic heterocycles. The van der Waals surface area contributed by atoms with Crippen LogP contribution in [0.3, 0.4) is 0 Å². The number of phosphoric acid groups is 1. The van der Waals surface area contributed by atoms with E-state index in [-0.39, 0.29) is 57.1 Å². The maximum absolute atomic E-state index is 14.4. The predicted molar refractivity (Wildman–Crippen MR) is 166 cm³/mol. The molecule has 2 aromatic rings. The van der Waals surface area contributed by atoms with Gasteiger partial charge in [0.1, 0.15) is 18.3 Å². The first kappa shape index (κ1) is 37.4. The molecule has 0 radical (unpaired) electrons. The van der Waals surface area contributed by atoms with Crippen LogP contribution in [0.1, 0.15) is 66.0 Å². The Morgan fingerprint density at radius 2 is 1.30 bits per heavy atom. The van der Waals surface area contributed by atoms with Gasteiger partial charge < -0.3 is 22.8 Å². The fourth-order valence-corrected chi connectivity index (χ4v) is 11.0. The van der Waals surface area contributed by atoms with Gasteiger partial charge in [0, 0.05) is 16.3 Å². The van der Waals surface area contributed by atoms with E-state index >= 15 is 0 Å². The largest absolute Gasteiger partial charge is 0.530 e. The van der Waals surface area contributed by atoms with E-state index in [0.29, 0.717) is 5.56 Å². The summed E-state index contributed by atoms with van der Waals surface area (Å²) in [4.78, 5) is 13.0. The van der Waals surface area contributed by atoms with Crippen molar-refractivity contribution in [3.05, 3.63) is 59.7 Å². The fourth-order valence-electron chi connectivity index (χ4n) is 4.26. The topological polar surface area (TPSA) is 133 Å². The van der Waals surface area contributed by atoms with E-state index in [0.717, 1.165) is 5.56 Å². The van der Waals surface area contributed by atoms with Crippen molar-refractivity contribution in [2.75, 3.05) is 38.9 Å². The Labute approximate surface area is 255 Å². The van der Waals surface area contributed by atoms with Crippen molar-refractivity contribution >= 4 is 34.1 Å². The first-order chi connectivity index (χ1) is 20.3. The summed E-state index contributed by atoms with van der Waals surface area (Å²) >= 11 is 0. The number of phosphoric ester groups is 1. The van der Waals surface area contributed by atoms with Gasteiger partial charge in [0.15, 0.2) is 0 Å². The van der Waals surface area contributed by atoms with Crippen LogP contribution in [0.5, 0.6) is 5.75 Å². The Kier molecular flexibility index (Phi) is 14.8. The van der Waals surface area contributed by atoms with Crippen LogP contribution in [-0.4, -0.2) is 44.9 Å². The molecular formula is C29H45O11P3. The standard InChI is InChI=1S/C29H45O11P3/c1-8-35-41(31,23-42(32,36-9-2)37-10-3)25-18-19-27(40-43(33,38-11-4)39-12-5)26(20-25)29(6,7)21-28(30)34-22-24-16-14-13-15-17-24/h13-20H,8-12,21-23H2,1-7H3. The Morgan fingerprint density at radius 3 is 1.84 bits per heavy atom. The SMILES string of the molecule is CCOP(=O)(CP(=O)(OCC)c1ccc(OP(=O)(OCC)OCC)c(C(C)(C)CC(=O)OCc2ccccc2)c1)OCC. The highest BCUT2D eigenvalue weighted by Gasteiger charge is 2.41. The zero-order chi connectivity index (χ0) is 32.2. The number of carbonyl (C=O) groups excluding carboxylic acids is 1. The Balaban J connectivity index is 2.59. The number of benzene rings is 2. The van der Waals surface area contributed by atoms with E-state index in [2.05, 4.69) is 0 Å². The molecule has 1 atom stereocenters. The average Bonchev–Trinajstić information content (AvgIpc) is 2.92. The molecule has 1 unspecified atom stereocenters. The maximum atomic E-state index is 14.4. The minimum absolute atomic E-state index is 0.0577. The molecule has 0 spiro atoms. The van der Waals surface area contributed by atoms with Crippen molar-refractivity contribution < 1.29 is 50.4 Å². The van der Waals surface area contributed by atoms with Crippen LogP contribution >= 0.6 is 22.8 Å². The first-order valence-electron chi connectivity index (χ1n) is 14.3. The monoisotopic (exact) mass is 662 g/mol. The lowest BCUT2D eigenvalue weighted by Crippen LogP contribution is -2.26. The van der Waals surface area contributed by atoms with E-state index in [1.54, 1.807) is 54.5 Å². The first-order valence-corrected chi connectivity index (χ1v) is 19.3. The quantitative estimate of drug-likeness (QED) is 0.101. The summed E-state index contributed by atoms with van der Waals surface area (Å²) in [6, 6.07) is 13.7. The lowest BCUT2D eigenvalue weighted by atomic mass is 9.81. The van der Waals surface area contributed by atoms with Crippen LogP contribution in [0.4, 0.5) is 0 Å². The van der Waals surface area contributed by atoms with Gasteiger partial charge in [-0.15, -0.1) is 0 Å². The molecular weight excluding hydrogens is 617 g/mol. The molecule has 0 aliphatic rings. The highest BCUT2D eigenvalue weighted by molar-refractivity contribution is 7.78. The van der Waals surface area contributed by atoms with Crippen LogP contribution in [0.2, 0.25) is 0 Å². The van der Waals surface area contributed by atoms with Gasteiger partial charge in [-0.2, -0.15) is 0 Å². The third kappa shape index (κ3) is 11.3. The summed E-state index contributed by atoms with van der Waals surface area (Å²) in [5.74, 6) is -0.894. The van der Waals surface area contributed by atoms with Gasteiger partial charge in [-0.3, -0.25) is 23.0 Å². The summed E-state index contributed by atoms with van der Waals surface area (Å²) in [5, 5.41) is 0.199. The lowest BCUT2D eigenvalue weighted by molar-refractivity contribution is -0.146. The Morgan fingerprint density at radius 1 is 0.744 bits per heavy atom. The Hall–Kier alpha value is -1.80. The summed E-state index contributed by atoms with van der Waals surface area (Å²) in [6.45, 7) is 12.3. The number of esters is 1. The molecule has 0 fully saturated rings. The van der Waals surface area contributed by atoms with Crippen molar-refractivity contribution in [2.24, 2.45) is 0 Å². The van der Waals surface area contributed by atoms with E-state index in [1.807, 2.05) is 30.3 Å². The molecule has 0 N–H and O–H groups in total. The number of carbonyl (C=O) groups is 1. The van der Waals surface area contributed by atoms with Crippen LogP contribution in [-0.2, 0) is 57.9 Å².